The maximum absolute atomic E-state index is 13.0. The Kier molecular flexibility index (Phi) is 8.16. The van der Waals surface area contributed by atoms with Crippen LogP contribution in [0.15, 0.2) is 42.5 Å². The lowest BCUT2D eigenvalue weighted by Crippen LogP contribution is -2.53. The van der Waals surface area contributed by atoms with Crippen molar-refractivity contribution in [3.63, 3.8) is 0 Å². The van der Waals surface area contributed by atoms with Gasteiger partial charge in [0, 0.05) is 22.1 Å². The van der Waals surface area contributed by atoms with Crippen LogP contribution >= 0.6 is 23.2 Å². The molecule has 2 rings (SSSR count). The van der Waals surface area contributed by atoms with E-state index in [2.05, 4.69) is 5.32 Å². The summed E-state index contributed by atoms with van der Waals surface area (Å²) in [5, 5.41) is 3.85. The van der Waals surface area contributed by atoms with Gasteiger partial charge in [0.2, 0.25) is 5.91 Å². The number of hydrogen-bond donors (Lipinski definition) is 1. The predicted octanol–water partition coefficient (Wildman–Crippen LogP) is 5.01. The highest BCUT2D eigenvalue weighted by atomic mass is 35.5. The number of amides is 2. The molecule has 0 aliphatic heterocycles. The highest BCUT2D eigenvalue weighted by Gasteiger charge is 2.29. The van der Waals surface area contributed by atoms with Crippen molar-refractivity contribution >= 4 is 35.0 Å². The fourth-order valence-corrected chi connectivity index (χ4v) is 3.29. The van der Waals surface area contributed by atoms with Gasteiger partial charge < -0.3 is 15.0 Å². The molecule has 162 valence electrons. The molecule has 5 nitrogen and oxygen atoms in total. The molecule has 30 heavy (non-hydrogen) atoms. The first-order chi connectivity index (χ1) is 14.0. The molecule has 1 N–H and O–H groups in total. The average molecular weight is 451 g/mol. The van der Waals surface area contributed by atoms with Crippen molar-refractivity contribution in [2.45, 2.75) is 52.7 Å². The van der Waals surface area contributed by atoms with Gasteiger partial charge in [0.15, 0.2) is 6.61 Å². The fourth-order valence-electron chi connectivity index (χ4n) is 2.82. The number of hydrogen-bond acceptors (Lipinski definition) is 3. The molecule has 0 saturated heterocycles. The summed E-state index contributed by atoms with van der Waals surface area (Å²) in [5.74, 6) is 0.0233. The molecule has 0 aliphatic carbocycles. The molecule has 2 aromatic carbocycles. The van der Waals surface area contributed by atoms with Crippen LogP contribution in [-0.2, 0) is 16.1 Å². The third kappa shape index (κ3) is 7.22. The minimum absolute atomic E-state index is 0.157. The highest BCUT2D eigenvalue weighted by molar-refractivity contribution is 6.35. The van der Waals surface area contributed by atoms with E-state index < -0.39 is 11.6 Å². The van der Waals surface area contributed by atoms with E-state index in [0.29, 0.717) is 21.4 Å². The van der Waals surface area contributed by atoms with Crippen LogP contribution in [0.3, 0.4) is 0 Å². The van der Waals surface area contributed by atoms with Gasteiger partial charge >= 0.3 is 0 Å². The standard InChI is InChI=1S/C23H28Cl2N2O3/c1-15-7-6-8-19(11-15)30-14-21(28)27(16(2)22(29)26-23(3,4)5)13-17-9-10-18(24)12-20(17)25/h6-12,16H,13-14H2,1-5H3,(H,26,29)/t16-/m1/s1. The zero-order chi connectivity index (χ0) is 22.5. The van der Waals surface area contributed by atoms with Gasteiger partial charge in [0.05, 0.1) is 0 Å². The van der Waals surface area contributed by atoms with Crippen molar-refractivity contribution in [1.29, 1.82) is 0 Å². The molecule has 0 bridgehead atoms. The maximum atomic E-state index is 13.0. The zero-order valence-electron chi connectivity index (χ0n) is 18.0. The molecule has 2 aromatic rings. The topological polar surface area (TPSA) is 58.6 Å². The number of nitrogens with one attached hydrogen (secondary N) is 1. The molecule has 0 heterocycles. The summed E-state index contributed by atoms with van der Waals surface area (Å²) < 4.78 is 5.67. The van der Waals surface area contributed by atoms with Gasteiger partial charge in [-0.3, -0.25) is 9.59 Å². The number of ether oxygens (including phenoxy) is 1. The monoisotopic (exact) mass is 450 g/mol. The van der Waals surface area contributed by atoms with E-state index in [0.717, 1.165) is 5.56 Å². The van der Waals surface area contributed by atoms with Crippen molar-refractivity contribution in [3.8, 4) is 5.75 Å². The van der Waals surface area contributed by atoms with Crippen LogP contribution in [0, 0.1) is 6.92 Å². The number of nitrogens with zero attached hydrogens (tertiary/aromatic N) is 1. The van der Waals surface area contributed by atoms with E-state index >= 15 is 0 Å². The lowest BCUT2D eigenvalue weighted by Gasteiger charge is -2.31. The SMILES string of the molecule is Cc1cccc(OCC(=O)N(Cc2ccc(Cl)cc2Cl)[C@H](C)C(=O)NC(C)(C)C)c1. The van der Waals surface area contributed by atoms with E-state index in [1.165, 1.54) is 4.90 Å². The van der Waals surface area contributed by atoms with Crippen molar-refractivity contribution in [2.24, 2.45) is 0 Å². The van der Waals surface area contributed by atoms with Crippen LogP contribution in [-0.4, -0.2) is 34.9 Å². The largest absolute Gasteiger partial charge is 0.484 e. The van der Waals surface area contributed by atoms with Gasteiger partial charge in [0.25, 0.3) is 5.91 Å². The van der Waals surface area contributed by atoms with Gasteiger partial charge in [-0.1, -0.05) is 41.4 Å². The van der Waals surface area contributed by atoms with Crippen LogP contribution < -0.4 is 10.1 Å². The Morgan fingerprint density at radius 2 is 1.83 bits per heavy atom. The smallest absolute Gasteiger partial charge is 0.261 e. The van der Waals surface area contributed by atoms with Crippen LogP contribution in [0.2, 0.25) is 10.0 Å². The van der Waals surface area contributed by atoms with E-state index in [1.54, 1.807) is 31.2 Å². The fraction of sp³-hybridized carbons (Fsp3) is 0.391. The summed E-state index contributed by atoms with van der Waals surface area (Å²) in [6.07, 6.45) is 0. The summed E-state index contributed by atoms with van der Waals surface area (Å²) >= 11 is 12.3. The Morgan fingerprint density at radius 3 is 2.43 bits per heavy atom. The molecule has 0 fully saturated rings. The van der Waals surface area contributed by atoms with Crippen LogP contribution in [0.4, 0.5) is 0 Å². The maximum Gasteiger partial charge on any atom is 0.261 e. The van der Waals surface area contributed by atoms with E-state index in [-0.39, 0.29) is 25.0 Å². The van der Waals surface area contributed by atoms with Crippen molar-refractivity contribution < 1.29 is 14.3 Å². The molecule has 2 amide bonds. The molecule has 7 heteroatoms. The Labute approximate surface area is 188 Å². The van der Waals surface area contributed by atoms with Gasteiger partial charge in [-0.25, -0.2) is 0 Å². The third-order valence-electron chi connectivity index (χ3n) is 4.37. The molecular formula is C23H28Cl2N2O3. The van der Waals surface area contributed by atoms with Crippen molar-refractivity contribution in [1.82, 2.24) is 10.2 Å². The Balaban J connectivity index is 2.22. The van der Waals surface area contributed by atoms with Crippen LogP contribution in [0.5, 0.6) is 5.75 Å². The van der Waals surface area contributed by atoms with Gasteiger partial charge in [-0.2, -0.15) is 0 Å². The first-order valence-electron chi connectivity index (χ1n) is 9.71. The minimum atomic E-state index is -0.718. The zero-order valence-corrected chi connectivity index (χ0v) is 19.5. The third-order valence-corrected chi connectivity index (χ3v) is 4.96. The minimum Gasteiger partial charge on any atom is -0.484 e. The Bertz CT molecular complexity index is 910. The second-order valence-corrected chi connectivity index (χ2v) is 9.12. The molecule has 0 radical (unpaired) electrons. The molecule has 1 atom stereocenters. The summed E-state index contributed by atoms with van der Waals surface area (Å²) in [5.41, 5.74) is 1.30. The molecular weight excluding hydrogens is 423 g/mol. The summed E-state index contributed by atoms with van der Waals surface area (Å²) in [4.78, 5) is 27.3. The Morgan fingerprint density at radius 1 is 1.13 bits per heavy atom. The quantitative estimate of drug-likeness (QED) is 0.644. The van der Waals surface area contributed by atoms with Gasteiger partial charge in [-0.15, -0.1) is 0 Å². The first-order valence-corrected chi connectivity index (χ1v) is 10.5. The first kappa shape index (κ1) is 24.0. The highest BCUT2D eigenvalue weighted by Crippen LogP contribution is 2.23. The average Bonchev–Trinajstić information content (AvgIpc) is 2.63. The number of carbonyl (C=O) groups excluding carboxylic acids is 2. The normalized spacial score (nSPS) is 12.2. The number of aryl methyl sites for hydroxylation is 1. The summed E-state index contributed by atoms with van der Waals surface area (Å²) in [6, 6.07) is 11.8. The molecule has 0 aliphatic rings. The second kappa shape index (κ2) is 10.2. The predicted molar refractivity (Wildman–Crippen MR) is 121 cm³/mol. The van der Waals surface area contributed by atoms with E-state index in [9.17, 15) is 9.59 Å². The Hall–Kier alpha value is -2.24. The molecule has 0 unspecified atom stereocenters. The van der Waals surface area contributed by atoms with E-state index in [1.807, 2.05) is 45.9 Å². The molecule has 0 spiro atoms. The van der Waals surface area contributed by atoms with Crippen LogP contribution in [0.25, 0.3) is 0 Å². The number of carbonyl (C=O) groups is 2. The number of halogens is 2. The second-order valence-electron chi connectivity index (χ2n) is 8.28. The van der Waals surface area contributed by atoms with Gasteiger partial charge in [0.1, 0.15) is 11.8 Å². The van der Waals surface area contributed by atoms with E-state index in [4.69, 9.17) is 27.9 Å². The molecule has 0 saturated carbocycles. The summed E-state index contributed by atoms with van der Waals surface area (Å²) in [7, 11) is 0. The van der Waals surface area contributed by atoms with Crippen molar-refractivity contribution in [2.75, 3.05) is 6.61 Å². The number of benzene rings is 2. The van der Waals surface area contributed by atoms with Gasteiger partial charge in [-0.05, 0) is 70.0 Å². The lowest BCUT2D eigenvalue weighted by atomic mass is 10.1. The number of rotatable bonds is 7. The lowest BCUT2D eigenvalue weighted by molar-refractivity contribution is -0.142. The summed E-state index contributed by atoms with van der Waals surface area (Å²) in [6.45, 7) is 9.27. The van der Waals surface area contributed by atoms with Crippen molar-refractivity contribution in [3.05, 3.63) is 63.6 Å². The van der Waals surface area contributed by atoms with Crippen LogP contribution in [0.1, 0.15) is 38.8 Å². The molecule has 0 aromatic heterocycles.